The molecule has 0 aromatic heterocycles. The second-order valence-corrected chi connectivity index (χ2v) is 5.76. The first-order valence-electron chi connectivity index (χ1n) is 7.18. The summed E-state index contributed by atoms with van der Waals surface area (Å²) < 4.78 is 0. The molecule has 3 atom stereocenters. The first-order valence-corrected chi connectivity index (χ1v) is 7.18. The minimum Gasteiger partial charge on any atom is -0.329 e. The second kappa shape index (κ2) is 5.85. The summed E-state index contributed by atoms with van der Waals surface area (Å²) in [5.41, 5.74) is 8.78. The highest BCUT2D eigenvalue weighted by molar-refractivity contribution is 5.25. The average molecular weight is 246 g/mol. The number of hydrogen-bond donors (Lipinski definition) is 1. The topological polar surface area (TPSA) is 29.3 Å². The minimum atomic E-state index is 0.392. The van der Waals surface area contributed by atoms with Gasteiger partial charge in [-0.15, -0.1) is 0 Å². The number of nitrogens with two attached hydrogens (primary N) is 1. The van der Waals surface area contributed by atoms with Crippen molar-refractivity contribution >= 4 is 0 Å². The van der Waals surface area contributed by atoms with Crippen LogP contribution in [0.4, 0.5) is 0 Å². The van der Waals surface area contributed by atoms with Crippen LogP contribution in [0.5, 0.6) is 0 Å². The maximum Gasteiger partial charge on any atom is 0.0470 e. The summed E-state index contributed by atoms with van der Waals surface area (Å²) in [6, 6.07) is 9.37. The van der Waals surface area contributed by atoms with E-state index in [4.69, 9.17) is 5.73 Å². The number of benzene rings is 1. The molecular weight excluding hydrogens is 220 g/mol. The Kier molecular flexibility index (Phi) is 4.41. The molecule has 1 saturated heterocycles. The average Bonchev–Trinajstić information content (AvgIpc) is 2.71. The second-order valence-electron chi connectivity index (χ2n) is 5.76. The third kappa shape index (κ3) is 2.76. The van der Waals surface area contributed by atoms with Crippen LogP contribution in [-0.4, -0.2) is 24.5 Å². The van der Waals surface area contributed by atoms with Gasteiger partial charge >= 0.3 is 0 Å². The Balaban J connectivity index is 2.12. The fourth-order valence-corrected chi connectivity index (χ4v) is 2.90. The smallest absolute Gasteiger partial charge is 0.0470 e. The molecule has 18 heavy (non-hydrogen) atoms. The number of nitrogens with zero attached hydrogens (tertiary/aromatic N) is 1. The van der Waals surface area contributed by atoms with Crippen molar-refractivity contribution in [2.45, 2.75) is 33.2 Å². The largest absolute Gasteiger partial charge is 0.329 e. The Morgan fingerprint density at radius 1 is 1.17 bits per heavy atom. The zero-order valence-electron chi connectivity index (χ0n) is 11.9. The van der Waals surface area contributed by atoms with Gasteiger partial charge in [-0.3, -0.25) is 4.90 Å². The van der Waals surface area contributed by atoms with Gasteiger partial charge in [-0.2, -0.15) is 0 Å². The van der Waals surface area contributed by atoms with Crippen molar-refractivity contribution < 1.29 is 0 Å². The van der Waals surface area contributed by atoms with E-state index in [0.717, 1.165) is 18.3 Å². The van der Waals surface area contributed by atoms with E-state index >= 15 is 0 Å². The van der Waals surface area contributed by atoms with E-state index in [1.807, 2.05) is 0 Å². The van der Waals surface area contributed by atoms with Crippen molar-refractivity contribution in [2.75, 3.05) is 19.6 Å². The fourth-order valence-electron chi connectivity index (χ4n) is 2.90. The first-order chi connectivity index (χ1) is 8.65. The molecular formula is C16H26N2. The van der Waals surface area contributed by atoms with Crippen molar-refractivity contribution in [1.29, 1.82) is 0 Å². The van der Waals surface area contributed by atoms with Crippen LogP contribution in [0.25, 0.3) is 0 Å². The predicted molar refractivity (Wildman–Crippen MR) is 77.5 cm³/mol. The maximum atomic E-state index is 6.00. The molecule has 1 heterocycles. The number of aryl methyl sites for hydroxylation is 1. The molecule has 1 aliphatic rings. The molecule has 0 radical (unpaired) electrons. The predicted octanol–water partition coefficient (Wildman–Crippen LogP) is 2.84. The third-order valence-corrected chi connectivity index (χ3v) is 4.45. The van der Waals surface area contributed by atoms with Crippen molar-refractivity contribution in [3.8, 4) is 0 Å². The van der Waals surface area contributed by atoms with Crippen LogP contribution in [0, 0.1) is 11.8 Å². The Bertz CT molecular complexity index is 361. The molecule has 0 aliphatic carbocycles. The van der Waals surface area contributed by atoms with E-state index in [-0.39, 0.29) is 0 Å². The van der Waals surface area contributed by atoms with Gasteiger partial charge in [0.25, 0.3) is 0 Å². The molecule has 2 N–H and O–H groups in total. The first kappa shape index (κ1) is 13.6. The van der Waals surface area contributed by atoms with Crippen LogP contribution in [-0.2, 0) is 6.42 Å². The van der Waals surface area contributed by atoms with Crippen molar-refractivity contribution in [3.63, 3.8) is 0 Å². The van der Waals surface area contributed by atoms with Crippen molar-refractivity contribution in [1.82, 2.24) is 4.90 Å². The van der Waals surface area contributed by atoms with Gasteiger partial charge in [-0.25, -0.2) is 0 Å². The Hall–Kier alpha value is -0.860. The molecule has 1 aromatic carbocycles. The lowest BCUT2D eigenvalue weighted by atomic mass is 10.0. The Morgan fingerprint density at radius 3 is 2.17 bits per heavy atom. The molecule has 0 bridgehead atoms. The zero-order valence-corrected chi connectivity index (χ0v) is 11.9. The van der Waals surface area contributed by atoms with Crippen LogP contribution in [0.3, 0.4) is 0 Å². The van der Waals surface area contributed by atoms with Crippen LogP contribution >= 0.6 is 0 Å². The molecule has 2 nitrogen and oxygen atoms in total. The molecule has 100 valence electrons. The molecule has 3 unspecified atom stereocenters. The van der Waals surface area contributed by atoms with Gasteiger partial charge in [0, 0.05) is 25.7 Å². The molecule has 2 rings (SSSR count). The lowest BCUT2D eigenvalue weighted by molar-refractivity contribution is 0.240. The molecule has 2 heteroatoms. The summed E-state index contributed by atoms with van der Waals surface area (Å²) in [4.78, 5) is 2.55. The standard InChI is InChI=1S/C16H26N2/c1-4-14-5-7-15(8-6-14)16(9-17)18-10-12(2)13(3)11-18/h5-8,12-13,16H,4,9-11,17H2,1-3H3. The Morgan fingerprint density at radius 2 is 1.72 bits per heavy atom. The third-order valence-electron chi connectivity index (χ3n) is 4.45. The van der Waals surface area contributed by atoms with Gasteiger partial charge in [0.2, 0.25) is 0 Å². The zero-order chi connectivity index (χ0) is 13.1. The van der Waals surface area contributed by atoms with Crippen molar-refractivity contribution in [3.05, 3.63) is 35.4 Å². The van der Waals surface area contributed by atoms with Crippen LogP contribution in [0.15, 0.2) is 24.3 Å². The molecule has 1 aliphatic heterocycles. The van der Waals surface area contributed by atoms with Gasteiger partial charge in [0.1, 0.15) is 0 Å². The Labute approximate surface area is 111 Å². The molecule has 0 saturated carbocycles. The maximum absolute atomic E-state index is 6.00. The number of likely N-dealkylation sites (tertiary alicyclic amines) is 1. The van der Waals surface area contributed by atoms with Gasteiger partial charge in [-0.05, 0) is 29.4 Å². The minimum absolute atomic E-state index is 0.392. The van der Waals surface area contributed by atoms with Gasteiger partial charge in [-0.1, -0.05) is 45.0 Å². The van der Waals surface area contributed by atoms with Crippen molar-refractivity contribution in [2.24, 2.45) is 17.6 Å². The highest BCUT2D eigenvalue weighted by Crippen LogP contribution is 2.30. The van der Waals surface area contributed by atoms with Gasteiger partial charge < -0.3 is 5.73 Å². The van der Waals surface area contributed by atoms with Gasteiger partial charge in [0.05, 0.1) is 0 Å². The summed E-state index contributed by atoms with van der Waals surface area (Å²) in [5, 5.41) is 0. The van der Waals surface area contributed by atoms with E-state index in [1.54, 1.807) is 0 Å². The fraction of sp³-hybridized carbons (Fsp3) is 0.625. The highest BCUT2D eigenvalue weighted by Gasteiger charge is 2.30. The molecule has 1 aromatic rings. The SMILES string of the molecule is CCc1ccc(C(CN)N2CC(C)C(C)C2)cc1. The van der Waals surface area contributed by atoms with E-state index in [0.29, 0.717) is 12.6 Å². The summed E-state index contributed by atoms with van der Waals surface area (Å²) in [6.07, 6.45) is 1.10. The van der Waals surface area contributed by atoms with E-state index < -0.39 is 0 Å². The lowest BCUT2D eigenvalue weighted by Crippen LogP contribution is -2.32. The number of rotatable bonds is 4. The quantitative estimate of drug-likeness (QED) is 0.885. The van der Waals surface area contributed by atoms with Gasteiger partial charge in [0.15, 0.2) is 0 Å². The molecule has 0 amide bonds. The monoisotopic (exact) mass is 246 g/mol. The van der Waals surface area contributed by atoms with Crippen LogP contribution in [0.1, 0.15) is 37.9 Å². The summed E-state index contributed by atoms with van der Waals surface area (Å²) in [7, 11) is 0. The molecule has 1 fully saturated rings. The molecule has 0 spiro atoms. The highest BCUT2D eigenvalue weighted by atomic mass is 15.2. The van der Waals surface area contributed by atoms with E-state index in [1.165, 1.54) is 24.2 Å². The van der Waals surface area contributed by atoms with E-state index in [2.05, 4.69) is 49.9 Å². The number of hydrogen-bond acceptors (Lipinski definition) is 2. The summed E-state index contributed by atoms with van der Waals surface area (Å²) >= 11 is 0. The van der Waals surface area contributed by atoms with Crippen LogP contribution < -0.4 is 5.73 Å². The van der Waals surface area contributed by atoms with E-state index in [9.17, 15) is 0 Å². The normalized spacial score (nSPS) is 26.4. The van der Waals surface area contributed by atoms with Crippen LogP contribution in [0.2, 0.25) is 0 Å². The lowest BCUT2D eigenvalue weighted by Gasteiger charge is -2.27. The summed E-state index contributed by atoms with van der Waals surface area (Å²) in [6.45, 7) is 9.96. The summed E-state index contributed by atoms with van der Waals surface area (Å²) in [5.74, 6) is 1.57.